The number of amides is 2. The maximum absolute atomic E-state index is 13.2. The van der Waals surface area contributed by atoms with Crippen molar-refractivity contribution in [1.82, 2.24) is 0 Å². The Morgan fingerprint density at radius 3 is 2.00 bits per heavy atom. The van der Waals surface area contributed by atoms with Crippen LogP contribution in [0, 0.1) is 20.8 Å². The summed E-state index contributed by atoms with van der Waals surface area (Å²) in [7, 11) is 0. The fraction of sp³-hybridized carbons (Fsp3) is 0.125. The number of benzene rings is 4. The molecule has 0 aliphatic carbocycles. The standard InChI is InChI=1S/C32H25NO6/c1-19-4-7-22(8-5-19)29(34)18-38-32(37)23-9-15-27-28(17-23)31(36)33(30(27)35)24-10-13-25(14-11-24)39-26-12-6-20(2)21(3)16-26/h4-17H,18H2,1-3H3. The van der Waals surface area contributed by atoms with E-state index in [-0.39, 0.29) is 22.5 Å². The normalized spacial score (nSPS) is 12.3. The first-order valence-corrected chi connectivity index (χ1v) is 12.4. The number of nitrogens with zero attached hydrogens (tertiary/aromatic N) is 1. The van der Waals surface area contributed by atoms with Crippen molar-refractivity contribution in [2.75, 3.05) is 11.5 Å². The molecule has 4 aromatic carbocycles. The highest BCUT2D eigenvalue weighted by Crippen LogP contribution is 2.31. The van der Waals surface area contributed by atoms with Crippen LogP contribution in [0.1, 0.15) is 58.1 Å². The Morgan fingerprint density at radius 2 is 1.31 bits per heavy atom. The van der Waals surface area contributed by atoms with E-state index in [9.17, 15) is 19.2 Å². The van der Waals surface area contributed by atoms with Gasteiger partial charge < -0.3 is 9.47 Å². The van der Waals surface area contributed by atoms with Crippen molar-refractivity contribution < 1.29 is 28.7 Å². The van der Waals surface area contributed by atoms with E-state index >= 15 is 0 Å². The highest BCUT2D eigenvalue weighted by molar-refractivity contribution is 6.34. The molecule has 0 bridgehead atoms. The number of hydrogen-bond acceptors (Lipinski definition) is 6. The molecule has 0 unspecified atom stereocenters. The zero-order valence-corrected chi connectivity index (χ0v) is 21.7. The number of ketones is 1. The van der Waals surface area contributed by atoms with Gasteiger partial charge in [-0.3, -0.25) is 14.4 Å². The molecule has 0 fully saturated rings. The second-order valence-electron chi connectivity index (χ2n) is 9.41. The smallest absolute Gasteiger partial charge is 0.338 e. The van der Waals surface area contributed by atoms with Crippen molar-refractivity contribution in [2.24, 2.45) is 0 Å². The average molecular weight is 520 g/mol. The second-order valence-corrected chi connectivity index (χ2v) is 9.41. The molecule has 0 saturated heterocycles. The topological polar surface area (TPSA) is 90.0 Å². The molecular formula is C32H25NO6. The molecule has 39 heavy (non-hydrogen) atoms. The highest BCUT2D eigenvalue weighted by Gasteiger charge is 2.37. The van der Waals surface area contributed by atoms with Crippen molar-refractivity contribution in [3.05, 3.63) is 124 Å². The lowest BCUT2D eigenvalue weighted by molar-refractivity contribution is 0.0474. The third-order valence-electron chi connectivity index (χ3n) is 6.64. The van der Waals surface area contributed by atoms with E-state index < -0.39 is 24.4 Å². The number of Topliss-reactive ketones (excluding diaryl/α,β-unsaturated/α-hetero) is 1. The lowest BCUT2D eigenvalue weighted by atomic mass is 10.1. The van der Waals surface area contributed by atoms with Gasteiger partial charge in [-0.2, -0.15) is 0 Å². The van der Waals surface area contributed by atoms with Gasteiger partial charge in [-0.25, -0.2) is 9.69 Å². The van der Waals surface area contributed by atoms with Crippen LogP contribution in [0.3, 0.4) is 0 Å². The summed E-state index contributed by atoms with van der Waals surface area (Å²) >= 11 is 0. The van der Waals surface area contributed by atoms with Crippen LogP contribution in [0.15, 0.2) is 84.9 Å². The van der Waals surface area contributed by atoms with Gasteiger partial charge in [0.15, 0.2) is 12.4 Å². The van der Waals surface area contributed by atoms with Gasteiger partial charge in [-0.1, -0.05) is 35.9 Å². The average Bonchev–Trinajstić information content (AvgIpc) is 3.19. The van der Waals surface area contributed by atoms with E-state index in [2.05, 4.69) is 0 Å². The van der Waals surface area contributed by atoms with E-state index in [1.54, 1.807) is 48.5 Å². The van der Waals surface area contributed by atoms with Crippen LogP contribution in [0.4, 0.5) is 5.69 Å². The number of carbonyl (C=O) groups is 4. The summed E-state index contributed by atoms with van der Waals surface area (Å²) in [5.74, 6) is -0.900. The maximum atomic E-state index is 13.2. The van der Waals surface area contributed by atoms with Gasteiger partial charge in [0.25, 0.3) is 11.8 Å². The Hall–Kier alpha value is -5.04. The minimum absolute atomic E-state index is 0.0746. The predicted octanol–water partition coefficient (Wildman–Crippen LogP) is 6.24. The Labute approximate surface area is 225 Å². The summed E-state index contributed by atoms with van der Waals surface area (Å²) in [4.78, 5) is 52.2. The number of esters is 1. The SMILES string of the molecule is Cc1ccc(C(=O)COC(=O)c2ccc3c(c2)C(=O)N(c2ccc(Oc4ccc(C)c(C)c4)cc2)C3=O)cc1. The quantitative estimate of drug-likeness (QED) is 0.163. The lowest BCUT2D eigenvalue weighted by Crippen LogP contribution is -2.29. The molecule has 194 valence electrons. The third kappa shape index (κ3) is 5.20. The van der Waals surface area contributed by atoms with Crippen molar-refractivity contribution in [2.45, 2.75) is 20.8 Å². The fourth-order valence-electron chi connectivity index (χ4n) is 4.22. The van der Waals surface area contributed by atoms with E-state index in [1.807, 2.05) is 39.0 Å². The molecule has 0 saturated carbocycles. The van der Waals surface area contributed by atoms with Gasteiger partial charge in [-0.15, -0.1) is 0 Å². The van der Waals surface area contributed by atoms with Crippen molar-refractivity contribution in [3.8, 4) is 11.5 Å². The molecule has 0 N–H and O–H groups in total. The van der Waals surface area contributed by atoms with Gasteiger partial charge in [-0.05, 0) is 86.5 Å². The Bertz CT molecular complexity index is 1620. The molecule has 1 heterocycles. The van der Waals surface area contributed by atoms with Crippen LogP contribution in [-0.4, -0.2) is 30.2 Å². The van der Waals surface area contributed by atoms with Crippen LogP contribution >= 0.6 is 0 Å². The monoisotopic (exact) mass is 519 g/mol. The van der Waals surface area contributed by atoms with E-state index in [1.165, 1.54) is 18.2 Å². The van der Waals surface area contributed by atoms with Crippen LogP contribution in [-0.2, 0) is 4.74 Å². The summed E-state index contributed by atoms with van der Waals surface area (Å²) in [5, 5.41) is 0. The van der Waals surface area contributed by atoms with Crippen molar-refractivity contribution in [1.29, 1.82) is 0 Å². The summed E-state index contributed by atoms with van der Waals surface area (Å²) < 4.78 is 11.1. The first-order valence-electron chi connectivity index (χ1n) is 12.4. The summed E-state index contributed by atoms with van der Waals surface area (Å²) in [6, 6.07) is 23.5. The summed E-state index contributed by atoms with van der Waals surface area (Å²) in [6.45, 7) is 5.50. The van der Waals surface area contributed by atoms with Crippen LogP contribution < -0.4 is 9.64 Å². The van der Waals surface area contributed by atoms with Crippen LogP contribution in [0.2, 0.25) is 0 Å². The molecular weight excluding hydrogens is 494 g/mol. The zero-order valence-electron chi connectivity index (χ0n) is 21.7. The second kappa shape index (κ2) is 10.4. The van der Waals surface area contributed by atoms with Gasteiger partial charge in [0.05, 0.1) is 22.4 Å². The summed E-state index contributed by atoms with van der Waals surface area (Å²) in [5.41, 5.74) is 4.44. The zero-order chi connectivity index (χ0) is 27.7. The summed E-state index contributed by atoms with van der Waals surface area (Å²) in [6.07, 6.45) is 0. The fourth-order valence-corrected chi connectivity index (χ4v) is 4.22. The molecule has 0 radical (unpaired) electrons. The van der Waals surface area contributed by atoms with Crippen molar-refractivity contribution in [3.63, 3.8) is 0 Å². The molecule has 2 amide bonds. The first-order chi connectivity index (χ1) is 18.7. The minimum atomic E-state index is -0.759. The Kier molecular flexibility index (Phi) is 6.81. The number of imide groups is 1. The molecule has 0 spiro atoms. The Balaban J connectivity index is 1.27. The van der Waals surface area contributed by atoms with E-state index in [0.717, 1.165) is 21.6 Å². The minimum Gasteiger partial charge on any atom is -0.457 e. The molecule has 7 heteroatoms. The van der Waals surface area contributed by atoms with E-state index in [4.69, 9.17) is 9.47 Å². The molecule has 5 rings (SSSR count). The first kappa shape index (κ1) is 25.6. The predicted molar refractivity (Wildman–Crippen MR) is 146 cm³/mol. The van der Waals surface area contributed by atoms with Gasteiger partial charge in [0, 0.05) is 5.56 Å². The molecule has 0 atom stereocenters. The number of anilines is 1. The largest absolute Gasteiger partial charge is 0.457 e. The maximum Gasteiger partial charge on any atom is 0.338 e. The van der Waals surface area contributed by atoms with E-state index in [0.29, 0.717) is 22.7 Å². The van der Waals surface area contributed by atoms with Gasteiger partial charge >= 0.3 is 5.97 Å². The lowest BCUT2D eigenvalue weighted by Gasteiger charge is -2.15. The highest BCUT2D eigenvalue weighted by atomic mass is 16.5. The van der Waals surface area contributed by atoms with Crippen LogP contribution in [0.25, 0.3) is 0 Å². The molecule has 1 aliphatic rings. The number of fused-ring (bicyclic) bond motifs is 1. The molecule has 0 aromatic heterocycles. The third-order valence-corrected chi connectivity index (χ3v) is 6.64. The number of carbonyl (C=O) groups excluding carboxylic acids is 4. The molecule has 7 nitrogen and oxygen atoms in total. The molecule has 4 aromatic rings. The number of hydrogen-bond donors (Lipinski definition) is 0. The van der Waals surface area contributed by atoms with Gasteiger partial charge in [0.2, 0.25) is 0 Å². The van der Waals surface area contributed by atoms with Gasteiger partial charge in [0.1, 0.15) is 11.5 Å². The number of ether oxygens (including phenoxy) is 2. The van der Waals surface area contributed by atoms with Crippen molar-refractivity contribution >= 4 is 29.3 Å². The molecule has 1 aliphatic heterocycles. The number of aryl methyl sites for hydroxylation is 3. The number of rotatable bonds is 7. The van der Waals surface area contributed by atoms with Crippen LogP contribution in [0.5, 0.6) is 11.5 Å². The Morgan fingerprint density at radius 1 is 0.667 bits per heavy atom.